The Labute approximate surface area is 123 Å². The van der Waals surface area contributed by atoms with Crippen LogP contribution in [-0.2, 0) is 16.5 Å². The van der Waals surface area contributed by atoms with Crippen molar-refractivity contribution in [3.8, 4) is 0 Å². The lowest BCUT2D eigenvalue weighted by atomic mass is 9.87. The van der Waals surface area contributed by atoms with Crippen LogP contribution in [-0.4, -0.2) is 35.4 Å². The highest BCUT2D eigenvalue weighted by Gasteiger charge is 2.26. The molecule has 0 saturated heterocycles. The molecule has 1 heterocycles. The second-order valence-corrected chi connectivity index (χ2v) is 6.98. The van der Waals surface area contributed by atoms with Crippen LogP contribution < -0.4 is 0 Å². The lowest BCUT2D eigenvalue weighted by Gasteiger charge is -2.27. The van der Waals surface area contributed by atoms with Crippen LogP contribution in [0.15, 0.2) is 23.2 Å². The Hall–Kier alpha value is -1.80. The second-order valence-electron chi connectivity index (χ2n) is 5.52. The molecule has 21 heavy (non-hydrogen) atoms. The van der Waals surface area contributed by atoms with E-state index in [2.05, 4.69) is 18.8 Å². The third kappa shape index (κ3) is 5.60. The fourth-order valence-corrected chi connectivity index (χ4v) is 2.19. The zero-order valence-electron chi connectivity index (χ0n) is 12.3. The van der Waals surface area contributed by atoms with Crippen molar-refractivity contribution in [3.63, 3.8) is 0 Å². The van der Waals surface area contributed by atoms with E-state index in [4.69, 9.17) is 4.55 Å². The van der Waals surface area contributed by atoms with Crippen LogP contribution in [0.4, 0.5) is 5.69 Å². The van der Waals surface area contributed by atoms with E-state index in [1.807, 2.05) is 13.0 Å². The number of non-ortho nitro benzene ring substituents is 1. The second kappa shape index (κ2) is 5.90. The highest BCUT2D eigenvalue weighted by Crippen LogP contribution is 2.29. The molecule has 0 radical (unpaired) electrons. The number of hydrogen-bond donors (Lipinski definition) is 1. The first-order valence-electron chi connectivity index (χ1n) is 6.16. The van der Waals surface area contributed by atoms with Gasteiger partial charge in [0.05, 0.1) is 16.7 Å². The van der Waals surface area contributed by atoms with Gasteiger partial charge in [-0.05, 0) is 32.8 Å². The van der Waals surface area contributed by atoms with Gasteiger partial charge in [-0.1, -0.05) is 6.07 Å². The fourth-order valence-electron chi connectivity index (χ4n) is 2.19. The van der Waals surface area contributed by atoms with Gasteiger partial charge >= 0.3 is 0 Å². The lowest BCUT2D eigenvalue weighted by molar-refractivity contribution is -0.384. The lowest BCUT2D eigenvalue weighted by Crippen LogP contribution is -2.27. The molecule has 2 rings (SSSR count). The van der Waals surface area contributed by atoms with Gasteiger partial charge in [0.25, 0.3) is 15.8 Å². The van der Waals surface area contributed by atoms with Gasteiger partial charge in [-0.2, -0.15) is 8.42 Å². The van der Waals surface area contributed by atoms with Crippen LogP contribution in [0.2, 0.25) is 0 Å². The van der Waals surface area contributed by atoms with Crippen LogP contribution in [0.3, 0.4) is 0 Å². The summed E-state index contributed by atoms with van der Waals surface area (Å²) in [5, 5.41) is 10.7. The highest BCUT2D eigenvalue weighted by atomic mass is 32.2. The summed E-state index contributed by atoms with van der Waals surface area (Å²) < 4.78 is 25.9. The molecule has 1 aromatic carbocycles. The largest absolute Gasteiger partial charge is 0.286 e. The average molecular weight is 314 g/mol. The molecule has 1 aromatic rings. The van der Waals surface area contributed by atoms with Gasteiger partial charge in [-0.25, -0.2) is 0 Å². The summed E-state index contributed by atoms with van der Waals surface area (Å²) in [6, 6.07) is 5.02. The van der Waals surface area contributed by atoms with E-state index >= 15 is 0 Å². The van der Waals surface area contributed by atoms with Gasteiger partial charge in [-0.3, -0.25) is 19.7 Å². The molecule has 0 fully saturated rings. The molecule has 0 aliphatic carbocycles. The quantitative estimate of drug-likeness (QED) is 0.485. The van der Waals surface area contributed by atoms with Crippen molar-refractivity contribution in [2.45, 2.75) is 32.7 Å². The van der Waals surface area contributed by atoms with E-state index in [1.165, 1.54) is 0 Å². The standard InChI is InChI=1S/C12H14N2O2.CH4O3S/c1-8-11-6-10(14(15)16)5-4-9(11)7-12(2,3)13-8;1-5(2,3)4/h4-6H,7H2,1-3H3;1H3,(H,2,3,4). The molecule has 0 amide bonds. The zero-order chi connectivity index (χ0) is 16.4. The summed E-state index contributed by atoms with van der Waals surface area (Å²) in [6.45, 7) is 6.05. The third-order valence-electron chi connectivity index (χ3n) is 2.79. The van der Waals surface area contributed by atoms with Crippen molar-refractivity contribution in [1.29, 1.82) is 0 Å². The van der Waals surface area contributed by atoms with Crippen molar-refractivity contribution in [3.05, 3.63) is 39.4 Å². The van der Waals surface area contributed by atoms with Crippen molar-refractivity contribution >= 4 is 21.5 Å². The first-order valence-corrected chi connectivity index (χ1v) is 8.00. The monoisotopic (exact) mass is 314 g/mol. The van der Waals surface area contributed by atoms with E-state index in [1.54, 1.807) is 12.1 Å². The first-order chi connectivity index (χ1) is 9.39. The number of benzene rings is 1. The summed E-state index contributed by atoms with van der Waals surface area (Å²) >= 11 is 0. The molecule has 7 nitrogen and oxygen atoms in total. The van der Waals surface area contributed by atoms with E-state index in [-0.39, 0.29) is 16.1 Å². The molecule has 0 atom stereocenters. The van der Waals surface area contributed by atoms with Crippen molar-refractivity contribution in [2.24, 2.45) is 4.99 Å². The highest BCUT2D eigenvalue weighted by molar-refractivity contribution is 7.85. The summed E-state index contributed by atoms with van der Waals surface area (Å²) in [4.78, 5) is 14.9. The summed E-state index contributed by atoms with van der Waals surface area (Å²) in [6.07, 6.45) is 1.55. The van der Waals surface area contributed by atoms with Crippen molar-refractivity contribution in [1.82, 2.24) is 0 Å². The predicted molar refractivity (Wildman–Crippen MR) is 80.6 cm³/mol. The maximum atomic E-state index is 10.7. The summed E-state index contributed by atoms with van der Waals surface area (Å²) in [5.41, 5.74) is 2.97. The van der Waals surface area contributed by atoms with Crippen LogP contribution in [0, 0.1) is 10.1 Å². The Morgan fingerprint density at radius 2 is 1.90 bits per heavy atom. The van der Waals surface area contributed by atoms with Crippen molar-refractivity contribution < 1.29 is 17.9 Å². The molecular weight excluding hydrogens is 296 g/mol. The normalized spacial score (nSPS) is 16.1. The maximum Gasteiger partial charge on any atom is 0.270 e. The van der Waals surface area contributed by atoms with Gasteiger partial charge in [0.1, 0.15) is 0 Å². The van der Waals surface area contributed by atoms with Gasteiger partial charge in [0.15, 0.2) is 0 Å². The number of nitro benzene ring substituents is 1. The number of rotatable bonds is 1. The predicted octanol–water partition coefficient (Wildman–Crippen LogP) is 2.24. The molecule has 116 valence electrons. The number of aliphatic imine (C=N–C) groups is 1. The van der Waals surface area contributed by atoms with Gasteiger partial charge < -0.3 is 0 Å². The third-order valence-corrected chi connectivity index (χ3v) is 2.79. The Morgan fingerprint density at radius 3 is 2.38 bits per heavy atom. The maximum absolute atomic E-state index is 10.7. The van der Waals surface area contributed by atoms with Crippen LogP contribution in [0.1, 0.15) is 31.9 Å². The van der Waals surface area contributed by atoms with E-state index in [0.717, 1.165) is 23.3 Å². The van der Waals surface area contributed by atoms with E-state index < -0.39 is 10.1 Å². The van der Waals surface area contributed by atoms with Gasteiger partial charge in [0.2, 0.25) is 0 Å². The van der Waals surface area contributed by atoms with Gasteiger partial charge in [0, 0.05) is 23.4 Å². The minimum absolute atomic E-state index is 0.104. The molecule has 0 unspecified atom stereocenters. The molecule has 1 N–H and O–H groups in total. The summed E-state index contributed by atoms with van der Waals surface area (Å²) in [7, 11) is -3.67. The smallest absolute Gasteiger partial charge is 0.270 e. The van der Waals surface area contributed by atoms with Crippen LogP contribution in [0.25, 0.3) is 0 Å². The number of fused-ring (bicyclic) bond motifs is 1. The molecule has 1 aliphatic heterocycles. The minimum atomic E-state index is -3.67. The number of hydrogen-bond acceptors (Lipinski definition) is 5. The molecule has 1 aliphatic rings. The fraction of sp³-hybridized carbons (Fsp3) is 0.462. The van der Waals surface area contributed by atoms with E-state index in [9.17, 15) is 18.5 Å². The molecule has 0 bridgehead atoms. The topological polar surface area (TPSA) is 110 Å². The molecule has 8 heteroatoms. The van der Waals surface area contributed by atoms with E-state index in [0.29, 0.717) is 6.26 Å². The average Bonchev–Trinajstić information content (AvgIpc) is 2.24. The Balaban J connectivity index is 0.000000383. The Morgan fingerprint density at radius 1 is 1.38 bits per heavy atom. The molecule has 0 saturated carbocycles. The van der Waals surface area contributed by atoms with Crippen LogP contribution >= 0.6 is 0 Å². The summed E-state index contributed by atoms with van der Waals surface area (Å²) in [5.74, 6) is 0. The van der Waals surface area contributed by atoms with Crippen LogP contribution in [0.5, 0.6) is 0 Å². The SMILES string of the molecule is CC1=NC(C)(C)Cc2ccc([N+](=O)[O-])cc21.CS(=O)(=O)O. The Kier molecular flexibility index (Phi) is 4.85. The number of nitro groups is 1. The molecule has 0 aromatic heterocycles. The number of nitrogens with zero attached hydrogens (tertiary/aromatic N) is 2. The first kappa shape index (κ1) is 17.3. The van der Waals surface area contributed by atoms with Crippen molar-refractivity contribution in [2.75, 3.05) is 6.26 Å². The molecule has 0 spiro atoms. The Bertz CT molecular complexity index is 685. The zero-order valence-corrected chi connectivity index (χ0v) is 13.1. The van der Waals surface area contributed by atoms with Gasteiger partial charge in [-0.15, -0.1) is 0 Å². The minimum Gasteiger partial charge on any atom is -0.286 e. The molecular formula is C13H18N2O5S.